The summed E-state index contributed by atoms with van der Waals surface area (Å²) in [6.45, 7) is 42.3. The smallest absolute Gasteiger partial charge is 0.252 e. The van der Waals surface area contributed by atoms with Crippen molar-refractivity contribution in [1.82, 2.24) is 24.1 Å². The van der Waals surface area contributed by atoms with Crippen LogP contribution < -0.4 is 16.4 Å². The highest BCUT2D eigenvalue weighted by Crippen LogP contribution is 2.49. The molecule has 5 nitrogen and oxygen atoms in total. The van der Waals surface area contributed by atoms with Gasteiger partial charge in [-0.1, -0.05) is 258 Å². The number of hydrogen-bond acceptors (Lipinski definition) is 3. The summed E-state index contributed by atoms with van der Waals surface area (Å²) < 4.78 is 5.36. The average molecular weight is 1140 g/mol. The quantitative estimate of drug-likeness (QED) is 0.161. The highest BCUT2D eigenvalue weighted by atomic mass is 15.1. The third kappa shape index (κ3) is 9.21. The van der Waals surface area contributed by atoms with Gasteiger partial charge in [-0.05, 0) is 141 Å². The van der Waals surface area contributed by atoms with Crippen LogP contribution in [0.2, 0.25) is 0 Å². The summed E-state index contributed by atoms with van der Waals surface area (Å²) in [5, 5.41) is 5.17. The lowest BCUT2D eigenvalue weighted by atomic mass is 9.34. The Labute approximate surface area is 516 Å². The lowest BCUT2D eigenvalue weighted by Crippen LogP contribution is -2.59. The first-order chi connectivity index (χ1) is 40.9. The molecule has 3 aromatic heterocycles. The van der Waals surface area contributed by atoms with E-state index in [0.29, 0.717) is 17.5 Å². The summed E-state index contributed by atoms with van der Waals surface area (Å²) in [5.74, 6) is 1.92. The summed E-state index contributed by atoms with van der Waals surface area (Å²) in [6, 6.07) is 64.9. The normalized spacial score (nSPS) is 13.6. The minimum absolute atomic E-state index is 0.0191. The van der Waals surface area contributed by atoms with Gasteiger partial charge in [-0.15, -0.1) is 0 Å². The zero-order chi connectivity index (χ0) is 61.4. The van der Waals surface area contributed by atoms with Crippen LogP contribution in [0.5, 0.6) is 0 Å². The molecule has 5 heterocycles. The van der Waals surface area contributed by atoms with Crippen LogP contribution in [0.15, 0.2) is 170 Å². The van der Waals surface area contributed by atoms with Crippen molar-refractivity contribution in [2.24, 2.45) is 0 Å². The summed E-state index contributed by atoms with van der Waals surface area (Å²) >= 11 is 0. The van der Waals surface area contributed by atoms with Gasteiger partial charge < -0.3 is 9.13 Å². The summed E-state index contributed by atoms with van der Waals surface area (Å²) in [6.07, 6.45) is 0. The van der Waals surface area contributed by atoms with Crippen molar-refractivity contribution < 1.29 is 0 Å². The van der Waals surface area contributed by atoms with Gasteiger partial charge in [-0.25, -0.2) is 15.0 Å². The van der Waals surface area contributed by atoms with Gasteiger partial charge in [-0.3, -0.25) is 0 Å². The molecule has 0 N–H and O–H groups in total. The molecule has 9 aromatic carbocycles. The van der Waals surface area contributed by atoms with Crippen LogP contribution in [-0.2, 0) is 32.5 Å². The number of nitrogens with zero attached hydrogens (tertiary/aromatic N) is 5. The second kappa shape index (κ2) is 19.1. The molecule has 87 heavy (non-hydrogen) atoms. The van der Waals surface area contributed by atoms with Gasteiger partial charge in [-0.2, -0.15) is 0 Å². The van der Waals surface area contributed by atoms with Gasteiger partial charge >= 0.3 is 0 Å². The van der Waals surface area contributed by atoms with E-state index in [1.165, 1.54) is 116 Å². The van der Waals surface area contributed by atoms with E-state index >= 15 is 0 Å². The van der Waals surface area contributed by atoms with Gasteiger partial charge in [0.05, 0.1) is 11.0 Å². The van der Waals surface area contributed by atoms with Crippen LogP contribution >= 0.6 is 0 Å². The Morgan fingerprint density at radius 1 is 0.299 bits per heavy atom. The van der Waals surface area contributed by atoms with E-state index in [9.17, 15) is 0 Å². The molecule has 0 unspecified atom stereocenters. The molecule has 0 aliphatic carbocycles. The molecule has 6 heteroatoms. The van der Waals surface area contributed by atoms with Crippen molar-refractivity contribution in [3.63, 3.8) is 0 Å². The first-order valence-corrected chi connectivity index (χ1v) is 31.5. The zero-order valence-corrected chi connectivity index (χ0v) is 54.5. The van der Waals surface area contributed by atoms with Crippen LogP contribution in [0.4, 0.5) is 0 Å². The fourth-order valence-corrected chi connectivity index (χ4v) is 14.1. The molecule has 0 saturated carbocycles. The van der Waals surface area contributed by atoms with Crippen LogP contribution in [0, 0.1) is 0 Å². The van der Waals surface area contributed by atoms with Crippen molar-refractivity contribution in [3.05, 3.63) is 203 Å². The van der Waals surface area contributed by atoms with Gasteiger partial charge in [0, 0.05) is 60.6 Å². The monoisotopic (exact) mass is 1140 g/mol. The van der Waals surface area contributed by atoms with Crippen molar-refractivity contribution in [2.75, 3.05) is 0 Å². The Hall–Kier alpha value is -8.35. The largest absolute Gasteiger partial charge is 0.310 e. The Morgan fingerprint density at radius 3 is 0.977 bits per heavy atom. The number of aromatic nitrogens is 5. The van der Waals surface area contributed by atoms with Crippen molar-refractivity contribution >= 4 is 66.7 Å². The van der Waals surface area contributed by atoms with E-state index in [-0.39, 0.29) is 39.2 Å². The molecule has 0 fully saturated rings. The molecule has 0 spiro atoms. The molecular weight excluding hydrogens is 1050 g/mol. The topological polar surface area (TPSA) is 48.5 Å². The second-order valence-corrected chi connectivity index (χ2v) is 31.5. The second-order valence-electron chi connectivity index (χ2n) is 31.5. The van der Waals surface area contributed by atoms with Crippen LogP contribution in [-0.4, -0.2) is 30.8 Å². The number of fused-ring (bicyclic) bond motifs is 10. The Morgan fingerprint density at radius 2 is 0.644 bits per heavy atom. The zero-order valence-electron chi connectivity index (χ0n) is 54.5. The molecular formula is C81H82BN5. The molecule has 434 valence electrons. The van der Waals surface area contributed by atoms with Crippen molar-refractivity contribution in [1.29, 1.82) is 0 Å². The highest BCUT2D eigenvalue weighted by molar-refractivity contribution is 7.00. The van der Waals surface area contributed by atoms with Crippen LogP contribution in [0.3, 0.4) is 0 Å². The highest BCUT2D eigenvalue weighted by Gasteiger charge is 2.44. The maximum atomic E-state index is 5.52. The molecule has 0 radical (unpaired) electrons. The molecule has 12 aromatic rings. The van der Waals surface area contributed by atoms with Gasteiger partial charge in [0.25, 0.3) is 6.71 Å². The van der Waals surface area contributed by atoms with Crippen LogP contribution in [0.1, 0.15) is 158 Å². The van der Waals surface area contributed by atoms with Crippen molar-refractivity contribution in [3.8, 4) is 67.8 Å². The molecule has 0 atom stereocenters. The van der Waals surface area contributed by atoms with E-state index in [0.717, 1.165) is 28.1 Å². The first-order valence-electron chi connectivity index (χ1n) is 31.5. The summed E-state index contributed by atoms with van der Waals surface area (Å²) in [4.78, 5) is 16.3. The first kappa shape index (κ1) is 56.5. The Kier molecular flexibility index (Phi) is 12.4. The lowest BCUT2D eigenvalue weighted by Gasteiger charge is -2.35. The summed E-state index contributed by atoms with van der Waals surface area (Å²) in [5.41, 5.74) is 26.3. The molecule has 2 aliphatic heterocycles. The Balaban J connectivity index is 1.21. The van der Waals surface area contributed by atoms with E-state index in [1.54, 1.807) is 0 Å². The maximum Gasteiger partial charge on any atom is 0.252 e. The number of rotatable bonds is 5. The molecule has 0 saturated heterocycles. The standard InChI is InChI=1S/C81H82BN5/c1-76(2,3)54-33-29-47(30-34-54)51-37-58-68-60(80(13,14)15)43-56(78(7,8)9)45-64(68)86-66-41-53(75-84-73(49-25-21-19-22-26-49)83-74(85-75)50-27-23-20-24-28-50)42-67-70(66)82(62(39-51)71(58)86)63-40-52(48-31-35-55(36-32-48)77(4,5)6)38-59-69-61(81(16,17)18)44-57(79(10,11)12)46-65(69)87(67)72(59)63/h19-46H,1-18H3. The van der Waals surface area contributed by atoms with E-state index in [4.69, 9.17) is 15.0 Å². The molecule has 2 aliphatic rings. The third-order valence-corrected chi connectivity index (χ3v) is 19.0. The Bertz CT molecular complexity index is 4500. The number of hydrogen-bond donors (Lipinski definition) is 0. The third-order valence-electron chi connectivity index (χ3n) is 19.0. The summed E-state index contributed by atoms with van der Waals surface area (Å²) in [7, 11) is 0. The minimum atomic E-state index is -0.192. The lowest BCUT2D eigenvalue weighted by molar-refractivity contribution is 0.572. The predicted molar refractivity (Wildman–Crippen MR) is 373 cm³/mol. The minimum Gasteiger partial charge on any atom is -0.310 e. The number of benzene rings is 9. The fourth-order valence-electron chi connectivity index (χ4n) is 14.1. The SMILES string of the molecule is CC(C)(C)c1ccc(-c2cc3c4c(c2)c2c(C(C)(C)C)cc(C(C)(C)C)cc2n4-c2cc(-c4nc(-c5ccccc5)nc(-c5ccccc5)n4)cc4c2B3c2cc(-c3ccc(C(C)(C)C)cc3)cc3c5c(C(C)(C)C)cc(C(C)(C)C)cc5n-4c23)cc1. The van der Waals surface area contributed by atoms with E-state index in [2.05, 4.69) is 304 Å². The average Bonchev–Trinajstić information content (AvgIpc) is 1.55. The fraction of sp³-hybridized carbons (Fsp3) is 0.296. The van der Waals surface area contributed by atoms with Crippen molar-refractivity contribution in [2.45, 2.75) is 157 Å². The van der Waals surface area contributed by atoms with E-state index in [1.807, 2.05) is 0 Å². The molecule has 14 rings (SSSR count). The van der Waals surface area contributed by atoms with E-state index < -0.39 is 0 Å². The maximum absolute atomic E-state index is 5.52. The molecule has 0 bridgehead atoms. The molecule has 0 amide bonds. The van der Waals surface area contributed by atoms with Gasteiger partial charge in [0.15, 0.2) is 17.5 Å². The predicted octanol–water partition coefficient (Wildman–Crippen LogP) is 19.3. The van der Waals surface area contributed by atoms with Gasteiger partial charge in [0.2, 0.25) is 0 Å². The van der Waals surface area contributed by atoms with Crippen LogP contribution in [0.25, 0.3) is 111 Å². The van der Waals surface area contributed by atoms with Gasteiger partial charge in [0.1, 0.15) is 0 Å².